The molecule has 30 heavy (non-hydrogen) atoms. The van der Waals surface area contributed by atoms with Gasteiger partial charge in [-0.15, -0.1) is 0 Å². The molecule has 1 aliphatic rings. The fraction of sp³-hybridized carbons (Fsp3) is 0.409. The van der Waals surface area contributed by atoms with Gasteiger partial charge in [-0.25, -0.2) is 17.6 Å². The van der Waals surface area contributed by atoms with Gasteiger partial charge in [-0.05, 0) is 57.5 Å². The van der Waals surface area contributed by atoms with Gasteiger partial charge in [0.15, 0.2) is 9.84 Å². The van der Waals surface area contributed by atoms with E-state index in [-0.39, 0.29) is 11.4 Å². The molecule has 3 unspecified atom stereocenters. The largest absolute Gasteiger partial charge is 0.444 e. The summed E-state index contributed by atoms with van der Waals surface area (Å²) in [6, 6.07) is 12.1. The van der Waals surface area contributed by atoms with Crippen LogP contribution < -0.4 is 11.1 Å². The molecular weight excluding hydrogens is 407 g/mol. The zero-order valence-electron chi connectivity index (χ0n) is 17.5. The SMILES string of the molecule is Cc1ccc(S(=O)(=O)C2C(c3ccc(F)cc3)C2(CN)NC(=O)OC(C)(C)C)cc1. The molecule has 0 saturated heterocycles. The van der Waals surface area contributed by atoms with Crippen LogP contribution in [0.4, 0.5) is 9.18 Å². The number of halogens is 1. The Morgan fingerprint density at radius 3 is 2.20 bits per heavy atom. The zero-order chi connectivity index (χ0) is 22.3. The van der Waals surface area contributed by atoms with E-state index in [4.69, 9.17) is 10.5 Å². The van der Waals surface area contributed by atoms with Crippen LogP contribution in [0, 0.1) is 12.7 Å². The number of rotatable bonds is 5. The molecule has 3 rings (SSSR count). The number of nitrogens with one attached hydrogen (secondary N) is 1. The normalized spacial score (nSPS) is 23.7. The molecule has 1 aliphatic carbocycles. The molecule has 1 amide bonds. The number of amides is 1. The summed E-state index contributed by atoms with van der Waals surface area (Å²) in [4.78, 5) is 12.7. The zero-order valence-corrected chi connectivity index (χ0v) is 18.3. The summed E-state index contributed by atoms with van der Waals surface area (Å²) in [5.74, 6) is -1.07. The van der Waals surface area contributed by atoms with Crippen LogP contribution in [0.15, 0.2) is 53.4 Å². The van der Waals surface area contributed by atoms with Gasteiger partial charge >= 0.3 is 6.09 Å². The lowest BCUT2D eigenvalue weighted by atomic mass is 10.1. The molecule has 3 atom stereocenters. The minimum Gasteiger partial charge on any atom is -0.444 e. The number of benzene rings is 2. The van der Waals surface area contributed by atoms with Gasteiger partial charge in [0, 0.05) is 12.5 Å². The Bertz CT molecular complexity index is 1030. The second-order valence-electron chi connectivity index (χ2n) is 8.68. The summed E-state index contributed by atoms with van der Waals surface area (Å²) in [5.41, 5.74) is 5.51. The molecule has 0 spiro atoms. The highest BCUT2D eigenvalue weighted by Crippen LogP contribution is 2.57. The van der Waals surface area contributed by atoms with E-state index in [1.54, 1.807) is 45.0 Å². The van der Waals surface area contributed by atoms with Gasteiger partial charge in [-0.3, -0.25) is 0 Å². The predicted octanol–water partition coefficient (Wildman–Crippen LogP) is 3.30. The Morgan fingerprint density at radius 1 is 1.13 bits per heavy atom. The average Bonchev–Trinajstić information content (AvgIpc) is 3.30. The molecule has 2 aromatic rings. The monoisotopic (exact) mass is 434 g/mol. The first-order valence-corrected chi connectivity index (χ1v) is 11.2. The molecule has 2 aromatic carbocycles. The van der Waals surface area contributed by atoms with E-state index in [9.17, 15) is 17.6 Å². The lowest BCUT2D eigenvalue weighted by molar-refractivity contribution is 0.0497. The smallest absolute Gasteiger partial charge is 0.408 e. The lowest BCUT2D eigenvalue weighted by Crippen LogP contribution is -2.49. The maximum absolute atomic E-state index is 13.5. The highest BCUT2D eigenvalue weighted by Gasteiger charge is 2.71. The van der Waals surface area contributed by atoms with Gasteiger partial charge < -0.3 is 15.8 Å². The Kier molecular flexibility index (Phi) is 5.68. The molecule has 6 nitrogen and oxygen atoms in total. The van der Waals surface area contributed by atoms with Gasteiger partial charge in [0.1, 0.15) is 16.7 Å². The third-order valence-electron chi connectivity index (χ3n) is 5.24. The molecule has 0 radical (unpaired) electrons. The van der Waals surface area contributed by atoms with Crippen molar-refractivity contribution in [2.24, 2.45) is 5.73 Å². The summed E-state index contributed by atoms with van der Waals surface area (Å²) in [6.07, 6.45) is -0.748. The van der Waals surface area contributed by atoms with Crippen molar-refractivity contribution in [3.63, 3.8) is 0 Å². The van der Waals surface area contributed by atoms with Crippen LogP contribution in [0.25, 0.3) is 0 Å². The van der Waals surface area contributed by atoms with E-state index >= 15 is 0 Å². The van der Waals surface area contributed by atoms with Crippen molar-refractivity contribution in [2.45, 2.75) is 54.9 Å². The third-order valence-corrected chi connectivity index (χ3v) is 7.53. The molecule has 0 aliphatic heterocycles. The summed E-state index contributed by atoms with van der Waals surface area (Å²) in [6.45, 7) is 6.89. The Morgan fingerprint density at radius 2 is 1.70 bits per heavy atom. The summed E-state index contributed by atoms with van der Waals surface area (Å²) in [5, 5.41) is 1.71. The van der Waals surface area contributed by atoms with Crippen molar-refractivity contribution in [3.05, 3.63) is 65.5 Å². The average molecular weight is 435 g/mol. The first kappa shape index (κ1) is 22.2. The van der Waals surface area contributed by atoms with Gasteiger partial charge in [0.2, 0.25) is 0 Å². The molecule has 1 fully saturated rings. The molecule has 0 bridgehead atoms. The number of alkyl carbamates (subject to hydrolysis) is 1. The molecular formula is C22H27FN2O4S. The van der Waals surface area contributed by atoms with E-state index in [2.05, 4.69) is 5.32 Å². The first-order chi connectivity index (χ1) is 13.9. The summed E-state index contributed by atoms with van der Waals surface area (Å²) >= 11 is 0. The molecule has 1 saturated carbocycles. The second kappa shape index (κ2) is 7.67. The van der Waals surface area contributed by atoms with Crippen LogP contribution in [0.2, 0.25) is 0 Å². The molecule has 0 aromatic heterocycles. The van der Waals surface area contributed by atoms with Crippen LogP contribution in [-0.4, -0.2) is 37.4 Å². The molecule has 8 heteroatoms. The van der Waals surface area contributed by atoms with Crippen molar-refractivity contribution in [2.75, 3.05) is 6.54 Å². The molecule has 162 valence electrons. The van der Waals surface area contributed by atoms with E-state index < -0.39 is 44.1 Å². The van der Waals surface area contributed by atoms with E-state index in [1.165, 1.54) is 24.3 Å². The number of hydrogen-bond donors (Lipinski definition) is 2. The predicted molar refractivity (Wildman–Crippen MR) is 112 cm³/mol. The van der Waals surface area contributed by atoms with Crippen LogP contribution >= 0.6 is 0 Å². The minimum atomic E-state index is -3.84. The number of aryl methyl sites for hydroxylation is 1. The highest BCUT2D eigenvalue weighted by molar-refractivity contribution is 7.92. The highest BCUT2D eigenvalue weighted by atomic mass is 32.2. The lowest BCUT2D eigenvalue weighted by Gasteiger charge is -2.24. The summed E-state index contributed by atoms with van der Waals surface area (Å²) in [7, 11) is -3.84. The number of nitrogens with two attached hydrogens (primary N) is 1. The van der Waals surface area contributed by atoms with E-state index in [0.717, 1.165) is 5.56 Å². The third kappa shape index (κ3) is 4.20. The quantitative estimate of drug-likeness (QED) is 0.752. The van der Waals surface area contributed by atoms with Gasteiger partial charge in [0.25, 0.3) is 0 Å². The minimum absolute atomic E-state index is 0.121. The standard InChI is InChI=1S/C22H27FN2O4S/c1-14-5-11-17(12-6-14)30(27,28)19-18(15-7-9-16(23)10-8-15)22(19,13-24)25-20(26)29-21(2,3)4/h5-12,18-19H,13,24H2,1-4H3,(H,25,26). The second-order valence-corrected chi connectivity index (χ2v) is 10.7. The van der Waals surface area contributed by atoms with Crippen LogP contribution in [0.1, 0.15) is 37.8 Å². The number of carbonyl (C=O) groups excluding carboxylic acids is 1. The van der Waals surface area contributed by atoms with Crippen molar-refractivity contribution in [1.82, 2.24) is 5.32 Å². The Labute approximate surface area is 176 Å². The van der Waals surface area contributed by atoms with Gasteiger partial charge in [-0.2, -0.15) is 0 Å². The van der Waals surface area contributed by atoms with Crippen LogP contribution in [-0.2, 0) is 14.6 Å². The van der Waals surface area contributed by atoms with E-state index in [1.807, 2.05) is 6.92 Å². The van der Waals surface area contributed by atoms with Gasteiger partial charge in [0.05, 0.1) is 10.4 Å². The fourth-order valence-corrected chi connectivity index (χ4v) is 6.16. The van der Waals surface area contributed by atoms with E-state index in [0.29, 0.717) is 5.56 Å². The number of ether oxygens (including phenoxy) is 1. The number of carbonyl (C=O) groups is 1. The number of hydrogen-bond acceptors (Lipinski definition) is 5. The van der Waals surface area contributed by atoms with Crippen molar-refractivity contribution < 1.29 is 22.3 Å². The summed E-state index contributed by atoms with van der Waals surface area (Å²) < 4.78 is 45.7. The topological polar surface area (TPSA) is 98.5 Å². The molecule has 3 N–H and O–H groups in total. The van der Waals surface area contributed by atoms with Crippen LogP contribution in [0.3, 0.4) is 0 Å². The molecule has 0 heterocycles. The fourth-order valence-electron chi connectivity index (χ4n) is 3.81. The van der Waals surface area contributed by atoms with Gasteiger partial charge in [-0.1, -0.05) is 29.8 Å². The Hall–Kier alpha value is -2.45. The maximum Gasteiger partial charge on any atom is 0.408 e. The van der Waals surface area contributed by atoms with Crippen molar-refractivity contribution in [3.8, 4) is 0 Å². The number of sulfone groups is 1. The van der Waals surface area contributed by atoms with Crippen molar-refractivity contribution >= 4 is 15.9 Å². The maximum atomic E-state index is 13.5. The van der Waals surface area contributed by atoms with Crippen LogP contribution in [0.5, 0.6) is 0 Å². The van der Waals surface area contributed by atoms with Crippen molar-refractivity contribution in [1.29, 1.82) is 0 Å². The Balaban J connectivity index is 2.03. The first-order valence-electron chi connectivity index (χ1n) is 9.68.